The normalized spacial score (nSPS) is 15.4. The maximum absolute atomic E-state index is 12.7. The first-order valence-corrected chi connectivity index (χ1v) is 10.4. The number of benzene rings is 2. The van der Waals surface area contributed by atoms with Crippen LogP contribution in [0.1, 0.15) is 16.9 Å². The molecule has 0 unspecified atom stereocenters. The van der Waals surface area contributed by atoms with Gasteiger partial charge in [0.2, 0.25) is 0 Å². The number of thiocarbonyl (C=S) groups is 1. The number of rotatable bonds is 5. The van der Waals surface area contributed by atoms with E-state index < -0.39 is 4.92 Å². The highest BCUT2D eigenvalue weighted by molar-refractivity contribution is 8.26. The Morgan fingerprint density at radius 3 is 2.61 bits per heavy atom. The van der Waals surface area contributed by atoms with Gasteiger partial charge in [0.25, 0.3) is 11.6 Å². The molecule has 2 heterocycles. The minimum Gasteiger partial charge on any atom is -0.455 e. The van der Waals surface area contributed by atoms with Gasteiger partial charge in [0.1, 0.15) is 11.5 Å². The number of hydrazone groups is 1. The number of para-hydroxylation sites is 1. The Morgan fingerprint density at radius 1 is 1.13 bits per heavy atom. The quantitative estimate of drug-likeness (QED) is 0.170. The fourth-order valence-corrected chi connectivity index (χ4v) is 4.07. The number of thioether (sulfide) groups is 1. The van der Waals surface area contributed by atoms with E-state index in [-0.39, 0.29) is 11.6 Å². The number of carbonyl (C=O) groups is 1. The van der Waals surface area contributed by atoms with Crippen LogP contribution in [-0.2, 0) is 4.79 Å². The van der Waals surface area contributed by atoms with Gasteiger partial charge in [-0.2, -0.15) is 10.1 Å². The Kier molecular flexibility index (Phi) is 5.79. The summed E-state index contributed by atoms with van der Waals surface area (Å²) in [5.41, 5.74) is 2.33. The molecular formula is C22H15N3O4S2. The first-order valence-electron chi connectivity index (χ1n) is 9.14. The summed E-state index contributed by atoms with van der Waals surface area (Å²) in [6, 6.07) is 17.3. The Hall–Kier alpha value is -3.56. The number of amides is 1. The van der Waals surface area contributed by atoms with Crippen LogP contribution in [0.15, 0.2) is 75.1 Å². The molecule has 1 aliphatic heterocycles. The molecule has 0 atom stereocenters. The number of nitrogens with zero attached hydrogens (tertiary/aromatic N) is 3. The summed E-state index contributed by atoms with van der Waals surface area (Å²) in [6.45, 7) is 1.99. The van der Waals surface area contributed by atoms with Crippen LogP contribution < -0.4 is 0 Å². The molecule has 0 bridgehead atoms. The lowest BCUT2D eigenvalue weighted by Crippen LogP contribution is -2.22. The molecule has 31 heavy (non-hydrogen) atoms. The third-order valence-corrected chi connectivity index (χ3v) is 5.72. The van der Waals surface area contributed by atoms with Crippen LogP contribution in [0.25, 0.3) is 17.4 Å². The van der Waals surface area contributed by atoms with Crippen molar-refractivity contribution < 1.29 is 14.1 Å². The molecule has 154 valence electrons. The molecule has 0 N–H and O–H groups in total. The fourth-order valence-electron chi connectivity index (χ4n) is 2.90. The first-order chi connectivity index (χ1) is 14.9. The standard InChI is InChI=1S/C22H15N3O4S2/c1-14-6-8-15(9-7-14)12-20-21(26)24(22(30)31-20)23-13-16-10-11-19(29-16)17-4-2-3-5-18(17)25(27)28/h2-13H,1H3/b20-12+,23-13+. The van der Waals surface area contributed by atoms with E-state index >= 15 is 0 Å². The molecular weight excluding hydrogens is 434 g/mol. The van der Waals surface area contributed by atoms with E-state index in [0.29, 0.717) is 26.3 Å². The van der Waals surface area contributed by atoms with Gasteiger partial charge in [-0.1, -0.05) is 53.7 Å². The zero-order valence-electron chi connectivity index (χ0n) is 16.2. The van der Waals surface area contributed by atoms with Crippen LogP contribution >= 0.6 is 24.0 Å². The smallest absolute Gasteiger partial charge is 0.286 e. The van der Waals surface area contributed by atoms with Gasteiger partial charge in [0, 0.05) is 6.07 Å². The van der Waals surface area contributed by atoms with Gasteiger partial charge in [-0.15, -0.1) is 0 Å². The van der Waals surface area contributed by atoms with E-state index in [1.165, 1.54) is 24.0 Å². The maximum atomic E-state index is 12.7. The molecule has 0 saturated carbocycles. The number of nitro benzene ring substituents is 1. The third kappa shape index (κ3) is 4.47. The second kappa shape index (κ2) is 8.66. The second-order valence-electron chi connectivity index (χ2n) is 6.63. The predicted molar refractivity (Wildman–Crippen MR) is 125 cm³/mol. The van der Waals surface area contributed by atoms with Crippen molar-refractivity contribution in [2.75, 3.05) is 0 Å². The summed E-state index contributed by atoms with van der Waals surface area (Å²) in [4.78, 5) is 23.9. The van der Waals surface area contributed by atoms with Crippen molar-refractivity contribution >= 4 is 52.2 Å². The fraction of sp³-hybridized carbons (Fsp3) is 0.0455. The van der Waals surface area contributed by atoms with Crippen molar-refractivity contribution in [2.24, 2.45) is 5.10 Å². The van der Waals surface area contributed by atoms with Crippen molar-refractivity contribution in [3.8, 4) is 11.3 Å². The monoisotopic (exact) mass is 449 g/mol. The molecule has 0 aliphatic carbocycles. The maximum Gasteiger partial charge on any atom is 0.286 e. The van der Waals surface area contributed by atoms with Crippen LogP contribution in [0.4, 0.5) is 5.69 Å². The van der Waals surface area contributed by atoms with Crippen molar-refractivity contribution in [2.45, 2.75) is 6.92 Å². The molecule has 1 amide bonds. The Labute approximate surface area is 187 Å². The molecule has 1 aromatic heterocycles. The average molecular weight is 450 g/mol. The Balaban J connectivity index is 1.53. The summed E-state index contributed by atoms with van der Waals surface area (Å²) in [5, 5.41) is 16.5. The lowest BCUT2D eigenvalue weighted by atomic mass is 10.1. The molecule has 4 rings (SSSR count). The molecule has 9 heteroatoms. The zero-order chi connectivity index (χ0) is 22.0. The van der Waals surface area contributed by atoms with E-state index in [0.717, 1.165) is 16.1 Å². The lowest BCUT2D eigenvalue weighted by molar-refractivity contribution is -0.384. The predicted octanol–water partition coefficient (Wildman–Crippen LogP) is 5.40. The van der Waals surface area contributed by atoms with Gasteiger partial charge in [-0.05, 0) is 49.0 Å². The van der Waals surface area contributed by atoms with Gasteiger partial charge in [0.15, 0.2) is 4.32 Å². The Bertz CT molecular complexity index is 1250. The van der Waals surface area contributed by atoms with Crippen LogP contribution in [0, 0.1) is 17.0 Å². The summed E-state index contributed by atoms with van der Waals surface area (Å²) in [7, 11) is 0. The molecule has 1 saturated heterocycles. The molecule has 1 fully saturated rings. The minimum atomic E-state index is -0.466. The van der Waals surface area contributed by atoms with E-state index in [9.17, 15) is 14.9 Å². The molecule has 2 aromatic carbocycles. The Morgan fingerprint density at radius 2 is 1.87 bits per heavy atom. The highest BCUT2D eigenvalue weighted by Gasteiger charge is 2.32. The van der Waals surface area contributed by atoms with Crippen molar-refractivity contribution in [1.82, 2.24) is 5.01 Å². The molecule has 1 aliphatic rings. The topological polar surface area (TPSA) is 88.9 Å². The summed E-state index contributed by atoms with van der Waals surface area (Å²) >= 11 is 6.46. The highest BCUT2D eigenvalue weighted by atomic mass is 32.2. The number of furan rings is 1. The number of hydrogen-bond donors (Lipinski definition) is 0. The van der Waals surface area contributed by atoms with E-state index in [1.807, 2.05) is 31.2 Å². The molecule has 3 aromatic rings. The van der Waals surface area contributed by atoms with Crippen LogP contribution in [0.5, 0.6) is 0 Å². The van der Waals surface area contributed by atoms with Crippen molar-refractivity contribution in [1.29, 1.82) is 0 Å². The van der Waals surface area contributed by atoms with Gasteiger partial charge >= 0.3 is 0 Å². The number of aryl methyl sites for hydroxylation is 1. The van der Waals surface area contributed by atoms with E-state index in [2.05, 4.69) is 5.10 Å². The van der Waals surface area contributed by atoms with E-state index in [1.54, 1.807) is 36.4 Å². The zero-order valence-corrected chi connectivity index (χ0v) is 17.9. The van der Waals surface area contributed by atoms with Gasteiger partial charge in [0.05, 0.1) is 21.6 Å². The van der Waals surface area contributed by atoms with Gasteiger partial charge < -0.3 is 4.42 Å². The number of nitro groups is 1. The molecule has 7 nitrogen and oxygen atoms in total. The molecule has 0 radical (unpaired) electrons. The minimum absolute atomic E-state index is 0.0569. The van der Waals surface area contributed by atoms with Crippen LogP contribution in [0.2, 0.25) is 0 Å². The van der Waals surface area contributed by atoms with Crippen LogP contribution in [-0.4, -0.2) is 26.4 Å². The van der Waals surface area contributed by atoms with Gasteiger partial charge in [-0.25, -0.2) is 0 Å². The SMILES string of the molecule is Cc1ccc(/C=C2/SC(=S)N(/N=C/c3ccc(-c4ccccc4[N+](=O)[O-])o3)C2=O)cc1. The average Bonchev–Trinajstić information content (AvgIpc) is 3.33. The largest absolute Gasteiger partial charge is 0.455 e. The third-order valence-electron chi connectivity index (χ3n) is 4.44. The van der Waals surface area contributed by atoms with Crippen molar-refractivity contribution in [3.63, 3.8) is 0 Å². The van der Waals surface area contributed by atoms with Crippen LogP contribution in [0.3, 0.4) is 0 Å². The highest BCUT2D eigenvalue weighted by Crippen LogP contribution is 2.33. The summed E-state index contributed by atoms with van der Waals surface area (Å²) in [6.07, 6.45) is 3.13. The number of hydrogen-bond acceptors (Lipinski definition) is 7. The summed E-state index contributed by atoms with van der Waals surface area (Å²) in [5.74, 6) is 0.348. The second-order valence-corrected chi connectivity index (χ2v) is 8.30. The van der Waals surface area contributed by atoms with Gasteiger partial charge in [-0.3, -0.25) is 14.9 Å². The lowest BCUT2D eigenvalue weighted by Gasteiger charge is -2.05. The molecule has 0 spiro atoms. The first kappa shape index (κ1) is 20.7. The number of carbonyl (C=O) groups excluding carboxylic acids is 1. The van der Waals surface area contributed by atoms with E-state index in [4.69, 9.17) is 16.6 Å². The van der Waals surface area contributed by atoms with Crippen molar-refractivity contribution in [3.05, 3.63) is 92.6 Å². The summed E-state index contributed by atoms with van der Waals surface area (Å²) < 4.78 is 5.98.